The van der Waals surface area contributed by atoms with E-state index in [1.807, 2.05) is 0 Å². The van der Waals surface area contributed by atoms with Crippen LogP contribution in [0.4, 0.5) is 0 Å². The van der Waals surface area contributed by atoms with Gasteiger partial charge in [-0.3, -0.25) is 27.3 Å². The van der Waals surface area contributed by atoms with Gasteiger partial charge in [0.15, 0.2) is 0 Å². The minimum Gasteiger partial charge on any atom is -0.264 e. The summed E-state index contributed by atoms with van der Waals surface area (Å²) in [6.45, 7) is 0. The summed E-state index contributed by atoms with van der Waals surface area (Å²) in [4.78, 5) is 0. The average Bonchev–Trinajstić information content (AvgIpc) is 1.41. The van der Waals surface area contributed by atoms with Crippen molar-refractivity contribution in [3.05, 3.63) is 0 Å². The van der Waals surface area contributed by atoms with Crippen LogP contribution in [0, 0.1) is 0 Å². The molecule has 16 heteroatoms. The first kappa shape index (κ1) is 25.3. The summed E-state index contributed by atoms with van der Waals surface area (Å²) in [6, 6.07) is 0. The van der Waals surface area contributed by atoms with Crippen molar-refractivity contribution in [2.45, 2.75) is 0 Å². The molecule has 0 spiro atoms. The Labute approximate surface area is 107 Å². The van der Waals surface area contributed by atoms with Crippen molar-refractivity contribution in [2.75, 3.05) is 0 Å². The van der Waals surface area contributed by atoms with Crippen molar-refractivity contribution < 1.29 is 52.6 Å². The number of hydrogen-bond acceptors (Lipinski definition) is 6. The second kappa shape index (κ2) is 9.41. The monoisotopic (exact) mass is 320 g/mol. The Kier molecular flexibility index (Phi) is 14.9. The van der Waals surface area contributed by atoms with Crippen LogP contribution >= 0.6 is 0 Å². The van der Waals surface area contributed by atoms with Crippen LogP contribution in [-0.4, -0.2) is 75.6 Å². The molecular weight excluding hydrogens is 312 g/mol. The molecule has 0 saturated heterocycles. The van der Waals surface area contributed by atoms with E-state index in [0.29, 0.717) is 0 Å². The number of rotatable bonds is 0. The van der Waals surface area contributed by atoms with Gasteiger partial charge in [0.25, 0.3) is 0 Å². The first-order chi connectivity index (χ1) is 6.00. The molecule has 0 aliphatic carbocycles. The lowest BCUT2D eigenvalue weighted by molar-refractivity contribution is 0.378. The third-order valence-electron chi connectivity index (χ3n) is 0. The summed E-state index contributed by atoms with van der Waals surface area (Å²) in [6.07, 6.45) is 0. The predicted molar refractivity (Wildman–Crippen MR) is 51.1 cm³/mol. The summed E-state index contributed by atoms with van der Waals surface area (Å²) < 4.78 is 94.8. The van der Waals surface area contributed by atoms with Crippen LogP contribution in [0.3, 0.4) is 0 Å². The molecule has 16 heavy (non-hydrogen) atoms. The Bertz CT molecular complexity index is 337. The normalized spacial score (nSPS) is 10.9. The maximum atomic E-state index is 8.74. The Balaban J connectivity index is -0.0000000655. The quantitative estimate of drug-likeness (QED) is 0.195. The van der Waals surface area contributed by atoms with E-state index in [4.69, 9.17) is 52.6 Å². The maximum Gasteiger partial charge on any atom is 0.394 e. The predicted octanol–water partition coefficient (Wildman–Crippen LogP) is -2.87. The van der Waals surface area contributed by atoms with Crippen LogP contribution in [0.1, 0.15) is 0 Å². The number of hydrogen-bond donors (Lipinski definition) is 6. The van der Waals surface area contributed by atoms with Gasteiger partial charge in [0.1, 0.15) is 0 Å². The van der Waals surface area contributed by atoms with Gasteiger partial charge in [-0.15, -0.1) is 0 Å². The van der Waals surface area contributed by atoms with Crippen LogP contribution in [0.15, 0.2) is 0 Å². The summed E-state index contributed by atoms with van der Waals surface area (Å²) in [5.41, 5.74) is 0. The van der Waals surface area contributed by atoms with E-state index in [2.05, 4.69) is 0 Å². The topological polar surface area (TPSA) is 224 Å². The maximum absolute atomic E-state index is 8.74. The van der Waals surface area contributed by atoms with Crippen LogP contribution in [-0.2, 0) is 31.2 Å². The molecule has 0 bridgehead atoms. The van der Waals surface area contributed by atoms with E-state index in [1.54, 1.807) is 0 Å². The lowest BCUT2D eigenvalue weighted by Crippen LogP contribution is -1.89. The van der Waals surface area contributed by atoms with Crippen molar-refractivity contribution in [3.8, 4) is 0 Å². The highest BCUT2D eigenvalue weighted by Gasteiger charge is 1.85. The fourth-order valence-electron chi connectivity index (χ4n) is 0. The molecule has 0 aliphatic rings. The van der Waals surface area contributed by atoms with E-state index in [-0.39, 0.29) is 23.1 Å². The summed E-state index contributed by atoms with van der Waals surface area (Å²) in [5.74, 6) is 0. The highest BCUT2D eigenvalue weighted by Crippen LogP contribution is 1.60. The Hall–Kier alpha value is 0.376. The van der Waals surface area contributed by atoms with E-state index in [1.165, 1.54) is 0 Å². The highest BCUT2D eigenvalue weighted by molar-refractivity contribution is 7.80. The van der Waals surface area contributed by atoms with Gasteiger partial charge >= 0.3 is 54.2 Å². The zero-order chi connectivity index (χ0) is 13.5. The van der Waals surface area contributed by atoms with Gasteiger partial charge in [0.05, 0.1) is 0 Å². The standard InChI is InChI=1S/Mg.3H2O4S.2H/c;3*1-5(2,3)4;;/h;3*(H2,1,2,3,4);;. The van der Waals surface area contributed by atoms with Crippen molar-refractivity contribution in [2.24, 2.45) is 0 Å². The lowest BCUT2D eigenvalue weighted by atomic mass is 15.8. The SMILES string of the molecule is O=S(=O)(O)O.O=S(=O)(O)O.O=S(=O)(O)O.[MgH2]. The van der Waals surface area contributed by atoms with Gasteiger partial charge in [0, 0.05) is 0 Å². The third kappa shape index (κ3) is 18200. The highest BCUT2D eigenvalue weighted by atomic mass is 32.3. The fraction of sp³-hybridized carbons (Fsp3) is 0. The first-order valence-electron chi connectivity index (χ1n) is 2.10. The molecule has 0 aromatic heterocycles. The van der Waals surface area contributed by atoms with Crippen LogP contribution in [0.2, 0.25) is 0 Å². The molecule has 0 saturated carbocycles. The average molecular weight is 321 g/mol. The van der Waals surface area contributed by atoms with Crippen molar-refractivity contribution >= 4 is 54.2 Å². The fourth-order valence-corrected chi connectivity index (χ4v) is 0. The molecule has 0 fully saturated rings. The van der Waals surface area contributed by atoms with Gasteiger partial charge in [-0.25, -0.2) is 0 Å². The molecule has 0 unspecified atom stereocenters. The first-order valence-corrected chi connectivity index (χ1v) is 6.29. The van der Waals surface area contributed by atoms with Crippen LogP contribution in [0.5, 0.6) is 0 Å². The summed E-state index contributed by atoms with van der Waals surface area (Å²) in [5, 5.41) is 0. The van der Waals surface area contributed by atoms with E-state index >= 15 is 0 Å². The Morgan fingerprint density at radius 2 is 0.438 bits per heavy atom. The molecular formula is H8MgO12S3. The largest absolute Gasteiger partial charge is 0.394 e. The zero-order valence-corrected chi connectivity index (χ0v) is 8.81. The molecule has 0 aliphatic heterocycles. The Morgan fingerprint density at radius 3 is 0.438 bits per heavy atom. The van der Waals surface area contributed by atoms with Crippen molar-refractivity contribution in [1.82, 2.24) is 0 Å². The molecule has 0 rings (SSSR count). The molecule has 100 valence electrons. The van der Waals surface area contributed by atoms with E-state index in [0.717, 1.165) is 0 Å². The minimum atomic E-state index is -4.67. The molecule has 0 atom stereocenters. The van der Waals surface area contributed by atoms with Crippen molar-refractivity contribution in [1.29, 1.82) is 0 Å². The molecule has 0 aromatic carbocycles. The molecule has 6 N–H and O–H groups in total. The van der Waals surface area contributed by atoms with Crippen LogP contribution in [0.25, 0.3) is 0 Å². The summed E-state index contributed by atoms with van der Waals surface area (Å²) in [7, 11) is -14.0. The summed E-state index contributed by atoms with van der Waals surface area (Å²) >= 11 is 0. The molecule has 12 nitrogen and oxygen atoms in total. The van der Waals surface area contributed by atoms with Crippen LogP contribution < -0.4 is 0 Å². The van der Waals surface area contributed by atoms with Gasteiger partial charge in [0.2, 0.25) is 0 Å². The van der Waals surface area contributed by atoms with Gasteiger partial charge in [-0.05, 0) is 0 Å². The van der Waals surface area contributed by atoms with Crippen molar-refractivity contribution in [3.63, 3.8) is 0 Å². The smallest absolute Gasteiger partial charge is 0.264 e. The molecule has 0 radical (unpaired) electrons. The lowest BCUT2D eigenvalue weighted by Gasteiger charge is -1.68. The van der Waals surface area contributed by atoms with Gasteiger partial charge in [-0.1, -0.05) is 0 Å². The second-order valence-corrected chi connectivity index (χ2v) is 4.03. The zero-order valence-electron chi connectivity index (χ0n) is 6.36. The molecule has 0 aromatic rings. The molecule has 0 amide bonds. The third-order valence-corrected chi connectivity index (χ3v) is 0. The van der Waals surface area contributed by atoms with Gasteiger partial charge < -0.3 is 0 Å². The Morgan fingerprint density at radius 1 is 0.438 bits per heavy atom. The van der Waals surface area contributed by atoms with E-state index < -0.39 is 31.2 Å². The second-order valence-electron chi connectivity index (χ2n) is 1.34. The molecule has 0 heterocycles. The van der Waals surface area contributed by atoms with E-state index in [9.17, 15) is 0 Å². The van der Waals surface area contributed by atoms with Gasteiger partial charge in [-0.2, -0.15) is 25.3 Å². The minimum absolute atomic E-state index is 0.